The summed E-state index contributed by atoms with van der Waals surface area (Å²) in [4.78, 5) is 0. The number of nitrogens with one attached hydrogen (secondary N) is 1. The zero-order chi connectivity index (χ0) is 16.0. The van der Waals surface area contributed by atoms with Crippen LogP contribution in [0.1, 0.15) is 24.5 Å². The summed E-state index contributed by atoms with van der Waals surface area (Å²) in [7, 11) is -3.42. The van der Waals surface area contributed by atoms with Gasteiger partial charge in [0.15, 0.2) is 0 Å². The lowest BCUT2D eigenvalue weighted by molar-refractivity contribution is 0.546. The minimum Gasteiger partial charge on any atom is -0.212 e. The molecule has 1 atom stereocenters. The van der Waals surface area contributed by atoms with E-state index in [0.29, 0.717) is 5.56 Å². The van der Waals surface area contributed by atoms with Crippen LogP contribution in [0.3, 0.4) is 0 Å². The Morgan fingerprint density at radius 3 is 2.27 bits per heavy atom. The largest absolute Gasteiger partial charge is 0.216 e. The number of sulfonamides is 1. The van der Waals surface area contributed by atoms with Crippen molar-refractivity contribution in [3.05, 3.63) is 71.5 Å². The molecule has 0 aliphatic rings. The number of hydrogen-bond donors (Lipinski definition) is 1. The Morgan fingerprint density at radius 1 is 1.00 bits per heavy atom. The Labute approximate surface area is 131 Å². The molecule has 0 bridgehead atoms. The summed E-state index contributed by atoms with van der Waals surface area (Å²) in [5.41, 5.74) is 1.76. The zero-order valence-electron chi connectivity index (χ0n) is 12.5. The molecule has 0 saturated heterocycles. The third kappa shape index (κ3) is 5.58. The van der Waals surface area contributed by atoms with Crippen molar-refractivity contribution in [2.45, 2.75) is 31.6 Å². The van der Waals surface area contributed by atoms with E-state index < -0.39 is 10.0 Å². The van der Waals surface area contributed by atoms with E-state index in [2.05, 4.69) is 4.72 Å². The van der Waals surface area contributed by atoms with Gasteiger partial charge in [-0.1, -0.05) is 42.5 Å². The lowest BCUT2D eigenvalue weighted by Crippen LogP contribution is -2.33. The van der Waals surface area contributed by atoms with Crippen LogP contribution in [-0.2, 0) is 22.2 Å². The van der Waals surface area contributed by atoms with Crippen LogP contribution in [0.25, 0.3) is 0 Å². The molecule has 118 valence electrons. The average Bonchev–Trinajstić information content (AvgIpc) is 2.48. The summed E-state index contributed by atoms with van der Waals surface area (Å²) in [6, 6.07) is 15.3. The van der Waals surface area contributed by atoms with Crippen molar-refractivity contribution in [2.24, 2.45) is 0 Å². The van der Waals surface area contributed by atoms with E-state index in [1.165, 1.54) is 29.8 Å². The second-order valence-corrected chi connectivity index (χ2v) is 7.18. The zero-order valence-corrected chi connectivity index (χ0v) is 13.3. The number of halogens is 1. The first-order valence-electron chi connectivity index (χ1n) is 7.23. The molecule has 2 aromatic carbocycles. The predicted molar refractivity (Wildman–Crippen MR) is 86.4 cm³/mol. The minimum absolute atomic E-state index is 0.136. The average molecular weight is 321 g/mol. The van der Waals surface area contributed by atoms with Crippen LogP contribution >= 0.6 is 0 Å². The molecule has 0 unspecified atom stereocenters. The lowest BCUT2D eigenvalue weighted by Gasteiger charge is -2.14. The van der Waals surface area contributed by atoms with Crippen LogP contribution in [-0.4, -0.2) is 14.5 Å². The van der Waals surface area contributed by atoms with Crippen molar-refractivity contribution < 1.29 is 12.8 Å². The van der Waals surface area contributed by atoms with E-state index in [-0.39, 0.29) is 17.6 Å². The fourth-order valence-corrected chi connectivity index (χ4v) is 3.68. The normalized spacial score (nSPS) is 13.0. The highest BCUT2D eigenvalue weighted by atomic mass is 32.2. The molecule has 0 fully saturated rings. The maximum absolute atomic E-state index is 12.8. The third-order valence-corrected chi connectivity index (χ3v) is 4.83. The van der Waals surface area contributed by atoms with Crippen molar-refractivity contribution in [2.75, 3.05) is 0 Å². The van der Waals surface area contributed by atoms with E-state index in [0.717, 1.165) is 12.8 Å². The summed E-state index contributed by atoms with van der Waals surface area (Å²) < 4.78 is 39.7. The van der Waals surface area contributed by atoms with Gasteiger partial charge in [0.05, 0.1) is 5.75 Å². The second kappa shape index (κ2) is 7.51. The summed E-state index contributed by atoms with van der Waals surface area (Å²) >= 11 is 0. The smallest absolute Gasteiger partial charge is 0.212 e. The quantitative estimate of drug-likeness (QED) is 0.851. The first-order chi connectivity index (χ1) is 10.4. The van der Waals surface area contributed by atoms with E-state index in [9.17, 15) is 12.8 Å². The van der Waals surface area contributed by atoms with Crippen LogP contribution in [0, 0.1) is 5.82 Å². The number of aryl methyl sites for hydroxylation is 1. The van der Waals surface area contributed by atoms with Gasteiger partial charge in [-0.05, 0) is 43.0 Å². The van der Waals surface area contributed by atoms with Gasteiger partial charge in [-0.2, -0.15) is 0 Å². The summed E-state index contributed by atoms with van der Waals surface area (Å²) in [6.45, 7) is 1.85. The monoisotopic (exact) mass is 321 g/mol. The maximum atomic E-state index is 12.8. The highest BCUT2D eigenvalue weighted by Gasteiger charge is 2.15. The molecule has 0 radical (unpaired) electrons. The molecule has 1 N–H and O–H groups in total. The molecule has 2 aromatic rings. The molecule has 0 saturated carbocycles. The molecule has 0 heterocycles. The van der Waals surface area contributed by atoms with Gasteiger partial charge in [0.1, 0.15) is 5.82 Å². The van der Waals surface area contributed by atoms with E-state index in [1.54, 1.807) is 0 Å². The molecule has 0 aromatic heterocycles. The van der Waals surface area contributed by atoms with E-state index in [4.69, 9.17) is 0 Å². The second-order valence-electron chi connectivity index (χ2n) is 5.43. The van der Waals surface area contributed by atoms with Crippen LogP contribution in [0.15, 0.2) is 54.6 Å². The molecule has 0 spiro atoms. The van der Waals surface area contributed by atoms with Crippen LogP contribution in [0.4, 0.5) is 4.39 Å². The van der Waals surface area contributed by atoms with Crippen molar-refractivity contribution >= 4 is 10.0 Å². The van der Waals surface area contributed by atoms with Crippen LogP contribution in [0.2, 0.25) is 0 Å². The van der Waals surface area contributed by atoms with Gasteiger partial charge in [-0.15, -0.1) is 0 Å². The van der Waals surface area contributed by atoms with E-state index >= 15 is 0 Å². The Kier molecular flexibility index (Phi) is 5.69. The Balaban J connectivity index is 1.86. The van der Waals surface area contributed by atoms with Gasteiger partial charge in [0.25, 0.3) is 0 Å². The number of rotatable bonds is 7. The van der Waals surface area contributed by atoms with Crippen LogP contribution in [0.5, 0.6) is 0 Å². The van der Waals surface area contributed by atoms with Gasteiger partial charge >= 0.3 is 0 Å². The third-order valence-electron chi connectivity index (χ3n) is 3.36. The Morgan fingerprint density at radius 2 is 1.64 bits per heavy atom. The summed E-state index contributed by atoms with van der Waals surface area (Å²) in [5.74, 6) is -0.506. The molecule has 22 heavy (non-hydrogen) atoms. The van der Waals surface area contributed by atoms with Gasteiger partial charge in [0, 0.05) is 6.04 Å². The summed E-state index contributed by atoms with van der Waals surface area (Å²) in [5, 5.41) is 0. The molecular formula is C17H20FNO2S. The highest BCUT2D eigenvalue weighted by molar-refractivity contribution is 7.88. The predicted octanol–water partition coefficient (Wildman–Crippen LogP) is 3.27. The topological polar surface area (TPSA) is 46.2 Å². The fourth-order valence-electron chi connectivity index (χ4n) is 2.24. The fraction of sp³-hybridized carbons (Fsp3) is 0.294. The summed E-state index contributed by atoms with van der Waals surface area (Å²) in [6.07, 6.45) is 1.55. The van der Waals surface area contributed by atoms with E-state index in [1.807, 2.05) is 37.3 Å². The Bertz CT molecular complexity index is 684. The first-order valence-corrected chi connectivity index (χ1v) is 8.88. The molecule has 2 rings (SSSR count). The van der Waals surface area contributed by atoms with Crippen molar-refractivity contribution in [3.63, 3.8) is 0 Å². The van der Waals surface area contributed by atoms with Gasteiger partial charge in [-0.3, -0.25) is 0 Å². The lowest BCUT2D eigenvalue weighted by atomic mass is 10.1. The first kappa shape index (κ1) is 16.6. The molecule has 3 nitrogen and oxygen atoms in total. The molecule has 0 aliphatic heterocycles. The van der Waals surface area contributed by atoms with Crippen LogP contribution < -0.4 is 4.72 Å². The number of hydrogen-bond acceptors (Lipinski definition) is 2. The molecule has 0 amide bonds. The van der Waals surface area contributed by atoms with Gasteiger partial charge in [0.2, 0.25) is 10.0 Å². The Hall–Kier alpha value is -1.72. The standard InChI is InChI=1S/C17H20FNO2S/c1-14(7-8-15-5-3-2-4-6-15)19-22(20,21)13-16-9-11-17(18)12-10-16/h2-6,9-12,14,19H,7-8,13H2,1H3/t14-/m0/s1. The minimum atomic E-state index is -3.42. The molecule has 0 aliphatic carbocycles. The van der Waals surface area contributed by atoms with Crippen molar-refractivity contribution in [1.29, 1.82) is 0 Å². The highest BCUT2D eigenvalue weighted by Crippen LogP contribution is 2.09. The molecular weight excluding hydrogens is 301 g/mol. The maximum Gasteiger partial charge on any atom is 0.216 e. The SMILES string of the molecule is C[C@@H](CCc1ccccc1)NS(=O)(=O)Cc1ccc(F)cc1. The van der Waals surface area contributed by atoms with Crippen molar-refractivity contribution in [1.82, 2.24) is 4.72 Å². The van der Waals surface area contributed by atoms with Gasteiger partial charge < -0.3 is 0 Å². The van der Waals surface area contributed by atoms with Gasteiger partial charge in [-0.25, -0.2) is 17.5 Å². The molecule has 5 heteroatoms. The van der Waals surface area contributed by atoms with Crippen molar-refractivity contribution in [3.8, 4) is 0 Å². The number of benzene rings is 2.